The Bertz CT molecular complexity index is 413. The molecule has 0 aromatic heterocycles. The smallest absolute Gasteiger partial charge is 0.123 e. The Labute approximate surface area is 140 Å². The molecule has 1 aromatic rings. The molecule has 4 nitrogen and oxygen atoms in total. The van der Waals surface area contributed by atoms with Crippen molar-refractivity contribution in [2.24, 2.45) is 0 Å². The van der Waals surface area contributed by atoms with Crippen LogP contribution in [0.15, 0.2) is 18.2 Å². The minimum atomic E-state index is 0. The van der Waals surface area contributed by atoms with Gasteiger partial charge in [0.25, 0.3) is 0 Å². The molecule has 0 spiro atoms. The molecule has 0 bridgehead atoms. The number of nitrogens with one attached hydrogen (secondary N) is 1. The fraction of sp³-hybridized carbons (Fsp3) is 0.600. The summed E-state index contributed by atoms with van der Waals surface area (Å²) in [6.45, 7) is 6.51. The van der Waals surface area contributed by atoms with Gasteiger partial charge in [0.2, 0.25) is 0 Å². The zero-order valence-electron chi connectivity index (χ0n) is 12.9. The molecule has 0 aliphatic carbocycles. The van der Waals surface area contributed by atoms with Gasteiger partial charge in [-0.1, -0.05) is 6.92 Å². The SMILES string of the molecule is CC[C@H](c1cc(OC)ccc1OC)N1CCNCC1.Cl.Cl. The van der Waals surface area contributed by atoms with E-state index in [0.717, 1.165) is 44.1 Å². The van der Waals surface area contributed by atoms with Crippen LogP contribution in [0.2, 0.25) is 0 Å². The van der Waals surface area contributed by atoms with Gasteiger partial charge >= 0.3 is 0 Å². The van der Waals surface area contributed by atoms with E-state index in [1.54, 1.807) is 14.2 Å². The van der Waals surface area contributed by atoms with Gasteiger partial charge in [-0.25, -0.2) is 0 Å². The Hall–Kier alpha value is -0.680. The number of halogens is 2. The normalized spacial score (nSPS) is 16.3. The number of ether oxygens (including phenoxy) is 2. The molecule has 1 aliphatic rings. The van der Waals surface area contributed by atoms with E-state index >= 15 is 0 Å². The second kappa shape index (κ2) is 10.1. The molecule has 1 N–H and O–H groups in total. The van der Waals surface area contributed by atoms with Crippen molar-refractivity contribution in [3.8, 4) is 11.5 Å². The lowest BCUT2D eigenvalue weighted by molar-refractivity contribution is 0.166. The Balaban J connectivity index is 0.00000200. The number of hydrogen-bond acceptors (Lipinski definition) is 4. The predicted octanol–water partition coefficient (Wildman–Crippen LogP) is 2.90. The number of benzene rings is 1. The number of nitrogens with zero attached hydrogens (tertiary/aromatic N) is 1. The summed E-state index contributed by atoms with van der Waals surface area (Å²) in [5, 5.41) is 3.40. The highest BCUT2D eigenvalue weighted by atomic mass is 35.5. The van der Waals surface area contributed by atoms with Crippen molar-refractivity contribution in [2.45, 2.75) is 19.4 Å². The molecule has 0 radical (unpaired) electrons. The van der Waals surface area contributed by atoms with Gasteiger partial charge in [0, 0.05) is 37.8 Å². The van der Waals surface area contributed by atoms with Crippen LogP contribution >= 0.6 is 24.8 Å². The van der Waals surface area contributed by atoms with Crippen LogP contribution in [0.4, 0.5) is 0 Å². The highest BCUT2D eigenvalue weighted by Gasteiger charge is 2.23. The van der Waals surface area contributed by atoms with Gasteiger partial charge < -0.3 is 14.8 Å². The molecule has 1 aromatic carbocycles. The molecule has 0 amide bonds. The molecule has 0 unspecified atom stereocenters. The van der Waals surface area contributed by atoms with Crippen molar-refractivity contribution in [3.63, 3.8) is 0 Å². The van der Waals surface area contributed by atoms with E-state index in [1.165, 1.54) is 5.56 Å². The second-order valence-electron chi connectivity index (χ2n) is 4.82. The zero-order valence-corrected chi connectivity index (χ0v) is 14.6. The zero-order chi connectivity index (χ0) is 13.7. The third-order valence-corrected chi connectivity index (χ3v) is 3.77. The summed E-state index contributed by atoms with van der Waals surface area (Å²) >= 11 is 0. The molecule has 1 atom stereocenters. The van der Waals surface area contributed by atoms with Crippen LogP contribution < -0.4 is 14.8 Å². The third-order valence-electron chi connectivity index (χ3n) is 3.77. The topological polar surface area (TPSA) is 33.7 Å². The average molecular weight is 337 g/mol. The summed E-state index contributed by atoms with van der Waals surface area (Å²) in [7, 11) is 3.44. The van der Waals surface area contributed by atoms with E-state index in [9.17, 15) is 0 Å². The molecule has 0 saturated carbocycles. The Morgan fingerprint density at radius 1 is 1.14 bits per heavy atom. The van der Waals surface area contributed by atoms with Crippen LogP contribution in [0, 0.1) is 0 Å². The first-order chi connectivity index (χ1) is 9.30. The molecule has 1 fully saturated rings. The summed E-state index contributed by atoms with van der Waals surface area (Å²) < 4.78 is 10.9. The molecule has 122 valence electrons. The van der Waals surface area contributed by atoms with Crippen LogP contribution in [0.25, 0.3) is 0 Å². The van der Waals surface area contributed by atoms with Crippen LogP contribution in [0.1, 0.15) is 24.9 Å². The molecular weight excluding hydrogens is 311 g/mol. The highest BCUT2D eigenvalue weighted by Crippen LogP contribution is 2.34. The first-order valence-electron chi connectivity index (χ1n) is 6.96. The van der Waals surface area contributed by atoms with Gasteiger partial charge in [0.15, 0.2) is 0 Å². The Morgan fingerprint density at radius 3 is 2.33 bits per heavy atom. The molecule has 6 heteroatoms. The molecule has 2 rings (SSSR count). The van der Waals surface area contributed by atoms with Crippen molar-refractivity contribution in [3.05, 3.63) is 23.8 Å². The highest BCUT2D eigenvalue weighted by molar-refractivity contribution is 5.85. The van der Waals surface area contributed by atoms with Gasteiger partial charge in [-0.15, -0.1) is 24.8 Å². The fourth-order valence-electron chi connectivity index (χ4n) is 2.77. The molecule has 21 heavy (non-hydrogen) atoms. The van der Waals surface area contributed by atoms with Gasteiger partial charge in [-0.05, 0) is 24.6 Å². The maximum absolute atomic E-state index is 5.52. The third kappa shape index (κ3) is 4.92. The van der Waals surface area contributed by atoms with Crippen molar-refractivity contribution < 1.29 is 9.47 Å². The Morgan fingerprint density at radius 2 is 1.81 bits per heavy atom. The quantitative estimate of drug-likeness (QED) is 0.896. The summed E-state index contributed by atoms with van der Waals surface area (Å²) in [6, 6.07) is 6.45. The molecule has 1 saturated heterocycles. The predicted molar refractivity (Wildman–Crippen MR) is 91.5 cm³/mol. The monoisotopic (exact) mass is 336 g/mol. The van der Waals surface area contributed by atoms with E-state index in [-0.39, 0.29) is 24.8 Å². The van der Waals surface area contributed by atoms with Crippen LogP contribution in [0.3, 0.4) is 0 Å². The number of rotatable bonds is 5. The van der Waals surface area contributed by atoms with E-state index in [2.05, 4.69) is 23.2 Å². The number of methoxy groups -OCH3 is 2. The van der Waals surface area contributed by atoms with Gasteiger partial charge in [-0.3, -0.25) is 4.90 Å². The summed E-state index contributed by atoms with van der Waals surface area (Å²) in [6.07, 6.45) is 1.07. The summed E-state index contributed by atoms with van der Waals surface area (Å²) in [5.74, 6) is 1.84. The molecular formula is C15H26Cl2N2O2. The standard InChI is InChI=1S/C15H24N2O2.2ClH/c1-4-14(17-9-7-16-8-10-17)13-11-12(18-2)5-6-15(13)19-3;;/h5-6,11,14,16H,4,7-10H2,1-3H3;2*1H/t14-;;/m1../s1. The first kappa shape index (κ1) is 20.3. The van der Waals surface area contributed by atoms with Gasteiger partial charge in [0.05, 0.1) is 14.2 Å². The lowest BCUT2D eigenvalue weighted by atomic mass is 10.0. The minimum Gasteiger partial charge on any atom is -0.497 e. The van der Waals surface area contributed by atoms with Crippen LogP contribution in [-0.2, 0) is 0 Å². The second-order valence-corrected chi connectivity index (χ2v) is 4.82. The summed E-state index contributed by atoms with van der Waals surface area (Å²) in [5.41, 5.74) is 1.23. The van der Waals surface area contributed by atoms with Gasteiger partial charge in [-0.2, -0.15) is 0 Å². The number of piperazine rings is 1. The largest absolute Gasteiger partial charge is 0.497 e. The van der Waals surface area contributed by atoms with Crippen LogP contribution in [0.5, 0.6) is 11.5 Å². The minimum absolute atomic E-state index is 0. The maximum atomic E-state index is 5.52. The maximum Gasteiger partial charge on any atom is 0.123 e. The van der Waals surface area contributed by atoms with Crippen molar-refractivity contribution >= 4 is 24.8 Å². The van der Waals surface area contributed by atoms with Crippen molar-refractivity contribution in [2.75, 3.05) is 40.4 Å². The van der Waals surface area contributed by atoms with Gasteiger partial charge in [0.1, 0.15) is 11.5 Å². The average Bonchev–Trinajstić information content (AvgIpc) is 2.49. The lowest BCUT2D eigenvalue weighted by Gasteiger charge is -2.35. The lowest BCUT2D eigenvalue weighted by Crippen LogP contribution is -2.45. The van der Waals surface area contributed by atoms with Crippen molar-refractivity contribution in [1.82, 2.24) is 10.2 Å². The summed E-state index contributed by atoms with van der Waals surface area (Å²) in [4.78, 5) is 2.52. The van der Waals surface area contributed by atoms with E-state index in [0.29, 0.717) is 6.04 Å². The fourth-order valence-corrected chi connectivity index (χ4v) is 2.77. The van der Waals surface area contributed by atoms with E-state index in [4.69, 9.17) is 9.47 Å². The molecule has 1 aliphatic heterocycles. The Kier molecular flexibility index (Phi) is 9.79. The van der Waals surface area contributed by atoms with Crippen LogP contribution in [-0.4, -0.2) is 45.3 Å². The van der Waals surface area contributed by atoms with E-state index in [1.807, 2.05) is 12.1 Å². The number of hydrogen-bond donors (Lipinski definition) is 1. The van der Waals surface area contributed by atoms with Crippen molar-refractivity contribution in [1.29, 1.82) is 0 Å². The van der Waals surface area contributed by atoms with E-state index < -0.39 is 0 Å². The first-order valence-corrected chi connectivity index (χ1v) is 6.96. The molecule has 1 heterocycles.